The molecular formula is C21H29N5. The third kappa shape index (κ3) is 4.75. The number of aliphatic imine (C=N–C) groups is 1. The minimum absolute atomic E-state index is 0.708. The monoisotopic (exact) mass is 351 g/mol. The second kappa shape index (κ2) is 8.70. The molecule has 26 heavy (non-hydrogen) atoms. The lowest BCUT2D eigenvalue weighted by molar-refractivity contribution is 0.803. The van der Waals surface area contributed by atoms with Crippen LogP contribution in [0.25, 0.3) is 0 Å². The summed E-state index contributed by atoms with van der Waals surface area (Å²) >= 11 is 0. The zero-order valence-electron chi connectivity index (χ0n) is 16.0. The van der Waals surface area contributed by atoms with E-state index in [1.54, 1.807) is 7.05 Å². The summed E-state index contributed by atoms with van der Waals surface area (Å²) in [5, 5.41) is 6.74. The Kier molecular flexibility index (Phi) is 6.10. The van der Waals surface area contributed by atoms with Gasteiger partial charge in [-0.2, -0.15) is 0 Å². The topological polar surface area (TPSA) is 52.6 Å². The summed E-state index contributed by atoms with van der Waals surface area (Å²) < 4.78 is 0. The third-order valence-electron chi connectivity index (χ3n) is 4.87. The van der Waals surface area contributed by atoms with Crippen molar-refractivity contribution in [2.75, 3.05) is 25.0 Å². The number of anilines is 1. The lowest BCUT2D eigenvalue weighted by Crippen LogP contribution is -2.36. The number of aryl methyl sites for hydroxylation is 2. The van der Waals surface area contributed by atoms with Gasteiger partial charge in [-0.3, -0.25) is 4.99 Å². The third-order valence-corrected chi connectivity index (χ3v) is 4.87. The van der Waals surface area contributed by atoms with Crippen molar-refractivity contribution in [3.05, 3.63) is 58.8 Å². The molecule has 1 aromatic heterocycles. The Labute approximate surface area is 156 Å². The smallest absolute Gasteiger partial charge is 0.191 e. The standard InChI is InChI=1S/C21H29N5/c1-16-6-8-19(17(2)12-16)15-25-21(22-3)24-14-18-7-9-20(23-13-18)26-10-4-5-11-26/h6-9,12-13H,4-5,10-11,14-15H2,1-3H3,(H2,22,24,25). The quantitative estimate of drug-likeness (QED) is 0.642. The first-order valence-electron chi connectivity index (χ1n) is 9.36. The van der Waals surface area contributed by atoms with E-state index >= 15 is 0 Å². The van der Waals surface area contributed by atoms with Crippen molar-refractivity contribution in [3.8, 4) is 0 Å². The van der Waals surface area contributed by atoms with Crippen LogP contribution in [0, 0.1) is 13.8 Å². The summed E-state index contributed by atoms with van der Waals surface area (Å²) in [7, 11) is 1.80. The summed E-state index contributed by atoms with van der Waals surface area (Å²) in [5.41, 5.74) is 5.03. The fourth-order valence-electron chi connectivity index (χ4n) is 3.28. The van der Waals surface area contributed by atoms with E-state index in [0.717, 1.165) is 37.0 Å². The second-order valence-electron chi connectivity index (χ2n) is 6.93. The lowest BCUT2D eigenvalue weighted by atomic mass is 10.1. The molecule has 0 atom stereocenters. The van der Waals surface area contributed by atoms with Crippen LogP contribution in [-0.4, -0.2) is 31.1 Å². The SMILES string of the molecule is CN=C(NCc1ccc(N2CCCC2)nc1)NCc1ccc(C)cc1C. The first kappa shape index (κ1) is 18.2. The molecule has 0 unspecified atom stereocenters. The molecule has 1 aromatic carbocycles. The maximum atomic E-state index is 4.60. The van der Waals surface area contributed by atoms with E-state index in [-0.39, 0.29) is 0 Å². The van der Waals surface area contributed by atoms with Crippen molar-refractivity contribution in [1.29, 1.82) is 0 Å². The summed E-state index contributed by atoms with van der Waals surface area (Å²) in [5.74, 6) is 1.89. The molecule has 2 N–H and O–H groups in total. The number of guanidine groups is 1. The van der Waals surface area contributed by atoms with Gasteiger partial charge in [0.15, 0.2) is 5.96 Å². The fourth-order valence-corrected chi connectivity index (χ4v) is 3.28. The predicted octanol–water partition coefficient (Wildman–Crippen LogP) is 3.16. The van der Waals surface area contributed by atoms with Gasteiger partial charge in [0.25, 0.3) is 0 Å². The molecule has 0 aliphatic carbocycles. The lowest BCUT2D eigenvalue weighted by Gasteiger charge is -2.17. The van der Waals surface area contributed by atoms with E-state index in [9.17, 15) is 0 Å². The molecule has 0 bridgehead atoms. The summed E-state index contributed by atoms with van der Waals surface area (Å²) in [4.78, 5) is 11.3. The molecule has 1 aliphatic heterocycles. The van der Waals surface area contributed by atoms with Crippen molar-refractivity contribution in [1.82, 2.24) is 15.6 Å². The van der Waals surface area contributed by atoms with Gasteiger partial charge in [0.2, 0.25) is 0 Å². The Morgan fingerprint density at radius 3 is 2.50 bits per heavy atom. The molecule has 0 saturated carbocycles. The number of pyridine rings is 1. The molecule has 0 amide bonds. The van der Waals surface area contributed by atoms with Gasteiger partial charge in [0.05, 0.1) is 0 Å². The maximum absolute atomic E-state index is 4.60. The number of benzene rings is 1. The van der Waals surface area contributed by atoms with Gasteiger partial charge < -0.3 is 15.5 Å². The summed E-state index contributed by atoms with van der Waals surface area (Å²) in [6.45, 7) is 7.98. The van der Waals surface area contributed by atoms with Crippen LogP contribution in [0.1, 0.15) is 35.1 Å². The zero-order chi connectivity index (χ0) is 18.4. The zero-order valence-corrected chi connectivity index (χ0v) is 16.0. The molecule has 0 spiro atoms. The fraction of sp³-hybridized carbons (Fsp3) is 0.429. The molecule has 3 rings (SSSR count). The highest BCUT2D eigenvalue weighted by atomic mass is 15.2. The first-order chi connectivity index (χ1) is 12.7. The molecule has 5 heteroatoms. The highest BCUT2D eigenvalue weighted by Crippen LogP contribution is 2.17. The Bertz CT molecular complexity index is 745. The Hall–Kier alpha value is -2.56. The average Bonchev–Trinajstić information content (AvgIpc) is 3.18. The van der Waals surface area contributed by atoms with E-state index in [1.807, 2.05) is 6.20 Å². The van der Waals surface area contributed by atoms with Gasteiger partial charge in [-0.15, -0.1) is 0 Å². The van der Waals surface area contributed by atoms with Crippen LogP contribution in [0.2, 0.25) is 0 Å². The molecule has 2 heterocycles. The molecule has 0 radical (unpaired) electrons. The number of rotatable bonds is 5. The molecule has 2 aromatic rings. The minimum atomic E-state index is 0.708. The van der Waals surface area contributed by atoms with Gasteiger partial charge in [0, 0.05) is 39.4 Å². The first-order valence-corrected chi connectivity index (χ1v) is 9.36. The highest BCUT2D eigenvalue weighted by molar-refractivity contribution is 5.79. The van der Waals surface area contributed by atoms with Gasteiger partial charge in [0.1, 0.15) is 5.82 Å². The Balaban J connectivity index is 1.50. The normalized spacial score (nSPS) is 14.6. The molecule has 1 aliphatic rings. The van der Waals surface area contributed by atoms with Crippen LogP contribution in [0.15, 0.2) is 41.5 Å². The van der Waals surface area contributed by atoms with Crippen LogP contribution >= 0.6 is 0 Å². The second-order valence-corrected chi connectivity index (χ2v) is 6.93. The molecular weight excluding hydrogens is 322 g/mol. The van der Waals surface area contributed by atoms with Gasteiger partial charge >= 0.3 is 0 Å². The minimum Gasteiger partial charge on any atom is -0.357 e. The van der Waals surface area contributed by atoms with E-state index in [2.05, 4.69) is 69.7 Å². The van der Waals surface area contributed by atoms with Crippen molar-refractivity contribution < 1.29 is 0 Å². The predicted molar refractivity (Wildman–Crippen MR) is 109 cm³/mol. The van der Waals surface area contributed by atoms with Gasteiger partial charge in [-0.25, -0.2) is 4.98 Å². The van der Waals surface area contributed by atoms with Crippen LogP contribution < -0.4 is 15.5 Å². The van der Waals surface area contributed by atoms with E-state index in [0.29, 0.717) is 6.54 Å². The van der Waals surface area contributed by atoms with E-state index in [1.165, 1.54) is 29.5 Å². The average molecular weight is 351 g/mol. The maximum Gasteiger partial charge on any atom is 0.191 e. The summed E-state index contributed by atoms with van der Waals surface area (Å²) in [6, 6.07) is 10.8. The summed E-state index contributed by atoms with van der Waals surface area (Å²) in [6.07, 6.45) is 4.50. The van der Waals surface area contributed by atoms with Crippen molar-refractivity contribution in [2.45, 2.75) is 39.8 Å². The molecule has 1 saturated heterocycles. The van der Waals surface area contributed by atoms with Gasteiger partial charge in [-0.05, 0) is 49.4 Å². The number of aromatic nitrogens is 1. The van der Waals surface area contributed by atoms with E-state index < -0.39 is 0 Å². The Morgan fingerprint density at radius 1 is 1.08 bits per heavy atom. The number of nitrogens with one attached hydrogen (secondary N) is 2. The number of hydrogen-bond donors (Lipinski definition) is 2. The number of nitrogens with zero attached hydrogens (tertiary/aromatic N) is 3. The van der Waals surface area contributed by atoms with Crippen LogP contribution in [0.4, 0.5) is 5.82 Å². The van der Waals surface area contributed by atoms with Crippen LogP contribution in [-0.2, 0) is 13.1 Å². The Morgan fingerprint density at radius 2 is 1.85 bits per heavy atom. The molecule has 5 nitrogen and oxygen atoms in total. The van der Waals surface area contributed by atoms with E-state index in [4.69, 9.17) is 0 Å². The van der Waals surface area contributed by atoms with Crippen LogP contribution in [0.3, 0.4) is 0 Å². The van der Waals surface area contributed by atoms with Crippen molar-refractivity contribution in [2.24, 2.45) is 4.99 Å². The van der Waals surface area contributed by atoms with Crippen molar-refractivity contribution >= 4 is 11.8 Å². The highest BCUT2D eigenvalue weighted by Gasteiger charge is 2.12. The van der Waals surface area contributed by atoms with Gasteiger partial charge in [-0.1, -0.05) is 29.8 Å². The van der Waals surface area contributed by atoms with Crippen LogP contribution in [0.5, 0.6) is 0 Å². The van der Waals surface area contributed by atoms with Crippen molar-refractivity contribution in [3.63, 3.8) is 0 Å². The molecule has 138 valence electrons. The largest absolute Gasteiger partial charge is 0.357 e. The molecule has 1 fully saturated rings. The number of hydrogen-bond acceptors (Lipinski definition) is 3.